The van der Waals surface area contributed by atoms with E-state index in [-0.39, 0.29) is 12.5 Å². The van der Waals surface area contributed by atoms with Crippen molar-refractivity contribution in [2.75, 3.05) is 0 Å². The van der Waals surface area contributed by atoms with Crippen LogP contribution in [0.15, 0.2) is 27.7 Å². The Morgan fingerprint density at radius 3 is 2.95 bits per heavy atom. The van der Waals surface area contributed by atoms with Crippen LogP contribution < -0.4 is 5.43 Å². The Morgan fingerprint density at radius 2 is 2.32 bits per heavy atom. The highest BCUT2D eigenvalue weighted by Crippen LogP contribution is 2.47. The van der Waals surface area contributed by atoms with Gasteiger partial charge in [-0.05, 0) is 44.4 Å². The molecule has 2 heterocycles. The second-order valence-corrected chi connectivity index (χ2v) is 5.94. The summed E-state index contributed by atoms with van der Waals surface area (Å²) in [4.78, 5) is 11.8. The van der Waals surface area contributed by atoms with Gasteiger partial charge in [0, 0.05) is 11.6 Å². The van der Waals surface area contributed by atoms with E-state index in [4.69, 9.17) is 4.42 Å². The number of rotatable bonds is 5. The largest absolute Gasteiger partial charge is 0.460 e. The molecule has 3 rings (SSSR count). The van der Waals surface area contributed by atoms with Gasteiger partial charge in [-0.25, -0.2) is 5.43 Å². The van der Waals surface area contributed by atoms with Crippen LogP contribution in [0.4, 0.5) is 0 Å². The minimum atomic E-state index is -0.218. The first kappa shape index (κ1) is 14.6. The standard InChI is InChI=1S/C16H20N4O2/c1-10-6-14(10)15-5-4-13(22-15)8-17-18-16(21)9-20-12(3)7-11(2)19-20/h4-5,7-8,10,14H,6,9H2,1-3H3,(H,18,21)/b17-8-/t10-,14+/m1/s1. The third-order valence-electron chi connectivity index (χ3n) is 3.90. The maximum absolute atomic E-state index is 11.8. The minimum Gasteiger partial charge on any atom is -0.460 e. The number of amides is 1. The van der Waals surface area contributed by atoms with Crippen LogP contribution in [-0.2, 0) is 11.3 Å². The molecule has 2 atom stereocenters. The highest BCUT2D eigenvalue weighted by Gasteiger charge is 2.36. The summed E-state index contributed by atoms with van der Waals surface area (Å²) >= 11 is 0. The Labute approximate surface area is 129 Å². The summed E-state index contributed by atoms with van der Waals surface area (Å²) in [5, 5.41) is 8.17. The van der Waals surface area contributed by atoms with Gasteiger partial charge in [-0.3, -0.25) is 9.48 Å². The van der Waals surface area contributed by atoms with Gasteiger partial charge in [-0.15, -0.1) is 0 Å². The topological polar surface area (TPSA) is 72.4 Å². The molecule has 1 N–H and O–H groups in total. The lowest BCUT2D eigenvalue weighted by Crippen LogP contribution is -2.24. The number of aryl methyl sites for hydroxylation is 2. The first-order valence-corrected chi connectivity index (χ1v) is 7.45. The predicted molar refractivity (Wildman–Crippen MR) is 82.7 cm³/mol. The van der Waals surface area contributed by atoms with Crippen molar-refractivity contribution in [2.24, 2.45) is 11.0 Å². The number of carbonyl (C=O) groups excluding carboxylic acids is 1. The lowest BCUT2D eigenvalue weighted by Gasteiger charge is -2.02. The molecule has 22 heavy (non-hydrogen) atoms. The average Bonchev–Trinajstić information content (AvgIpc) is 2.87. The minimum absolute atomic E-state index is 0.153. The number of hydrogen-bond donors (Lipinski definition) is 1. The molecule has 6 heteroatoms. The second kappa shape index (κ2) is 5.79. The van der Waals surface area contributed by atoms with Crippen molar-refractivity contribution in [3.63, 3.8) is 0 Å². The van der Waals surface area contributed by atoms with Crippen molar-refractivity contribution < 1.29 is 9.21 Å². The number of nitrogens with one attached hydrogen (secondary N) is 1. The zero-order valence-electron chi connectivity index (χ0n) is 13.0. The van der Waals surface area contributed by atoms with Gasteiger partial charge in [0.15, 0.2) is 0 Å². The molecule has 1 amide bonds. The lowest BCUT2D eigenvalue weighted by atomic mass is 10.3. The molecule has 0 unspecified atom stereocenters. The number of aromatic nitrogens is 2. The summed E-state index contributed by atoms with van der Waals surface area (Å²) in [5.74, 6) is 2.69. The van der Waals surface area contributed by atoms with Crippen molar-refractivity contribution in [1.29, 1.82) is 0 Å². The Hall–Kier alpha value is -2.37. The summed E-state index contributed by atoms with van der Waals surface area (Å²) in [5.41, 5.74) is 4.33. The van der Waals surface area contributed by atoms with Gasteiger partial charge in [-0.2, -0.15) is 10.2 Å². The molecule has 1 fully saturated rings. The Morgan fingerprint density at radius 1 is 1.55 bits per heavy atom. The van der Waals surface area contributed by atoms with Gasteiger partial charge in [0.25, 0.3) is 5.91 Å². The van der Waals surface area contributed by atoms with Crippen molar-refractivity contribution in [1.82, 2.24) is 15.2 Å². The zero-order valence-corrected chi connectivity index (χ0v) is 13.0. The summed E-state index contributed by atoms with van der Waals surface area (Å²) < 4.78 is 7.33. The molecule has 2 aromatic rings. The molecule has 1 aliphatic rings. The van der Waals surface area contributed by atoms with Gasteiger partial charge in [0.1, 0.15) is 18.1 Å². The normalized spacial score (nSPS) is 20.5. The van der Waals surface area contributed by atoms with Crippen LogP contribution >= 0.6 is 0 Å². The zero-order chi connectivity index (χ0) is 15.7. The van der Waals surface area contributed by atoms with Crippen LogP contribution in [0.3, 0.4) is 0 Å². The van der Waals surface area contributed by atoms with Crippen LogP contribution in [0.1, 0.15) is 42.2 Å². The van der Waals surface area contributed by atoms with Crippen LogP contribution in [0.2, 0.25) is 0 Å². The maximum atomic E-state index is 11.8. The molecule has 0 saturated heterocycles. The highest BCUT2D eigenvalue weighted by atomic mass is 16.3. The molecular weight excluding hydrogens is 280 g/mol. The molecule has 1 saturated carbocycles. The number of nitrogens with zero attached hydrogens (tertiary/aromatic N) is 3. The van der Waals surface area contributed by atoms with Gasteiger partial charge in [0.2, 0.25) is 0 Å². The fraction of sp³-hybridized carbons (Fsp3) is 0.438. The lowest BCUT2D eigenvalue weighted by molar-refractivity contribution is -0.121. The molecule has 0 aliphatic heterocycles. The van der Waals surface area contributed by atoms with E-state index in [0.717, 1.165) is 17.1 Å². The summed E-state index contributed by atoms with van der Waals surface area (Å²) in [6, 6.07) is 5.78. The van der Waals surface area contributed by atoms with Gasteiger partial charge >= 0.3 is 0 Å². The Balaban J connectivity index is 1.52. The third-order valence-corrected chi connectivity index (χ3v) is 3.90. The molecule has 6 nitrogen and oxygen atoms in total. The monoisotopic (exact) mass is 300 g/mol. The van der Waals surface area contributed by atoms with E-state index in [1.54, 1.807) is 4.68 Å². The number of hydrogen-bond acceptors (Lipinski definition) is 4. The average molecular weight is 300 g/mol. The molecule has 2 aromatic heterocycles. The number of carbonyl (C=O) groups is 1. The van der Waals surface area contributed by atoms with E-state index in [0.29, 0.717) is 17.6 Å². The molecule has 0 spiro atoms. The molecule has 116 valence electrons. The third kappa shape index (κ3) is 3.27. The first-order chi connectivity index (χ1) is 10.5. The Bertz CT molecular complexity index is 714. The predicted octanol–water partition coefficient (Wildman–Crippen LogP) is 2.37. The number of hydrazone groups is 1. The van der Waals surface area contributed by atoms with Crippen molar-refractivity contribution in [3.05, 3.63) is 41.1 Å². The van der Waals surface area contributed by atoms with Gasteiger partial charge < -0.3 is 4.42 Å². The fourth-order valence-electron chi connectivity index (χ4n) is 2.53. The van der Waals surface area contributed by atoms with Crippen LogP contribution in [-0.4, -0.2) is 21.9 Å². The van der Waals surface area contributed by atoms with E-state index in [1.807, 2.05) is 32.0 Å². The molecule has 0 bridgehead atoms. The van der Waals surface area contributed by atoms with E-state index in [1.165, 1.54) is 12.6 Å². The van der Waals surface area contributed by atoms with Gasteiger partial charge in [0.05, 0.1) is 11.9 Å². The molecule has 1 aliphatic carbocycles. The van der Waals surface area contributed by atoms with E-state index in [2.05, 4.69) is 22.5 Å². The Kier molecular flexibility index (Phi) is 3.83. The van der Waals surface area contributed by atoms with Crippen LogP contribution in [0.25, 0.3) is 0 Å². The van der Waals surface area contributed by atoms with Crippen molar-refractivity contribution >= 4 is 12.1 Å². The SMILES string of the molecule is Cc1cc(C)n(CC(=O)N/N=C\c2ccc([C@H]3C[C@H]3C)o2)n1. The second-order valence-electron chi connectivity index (χ2n) is 5.94. The summed E-state index contributed by atoms with van der Waals surface area (Å²) in [6.45, 7) is 6.18. The smallest absolute Gasteiger partial charge is 0.261 e. The molecular formula is C16H20N4O2. The summed E-state index contributed by atoms with van der Waals surface area (Å²) in [6.07, 6.45) is 2.71. The van der Waals surface area contributed by atoms with Gasteiger partial charge in [-0.1, -0.05) is 6.92 Å². The van der Waals surface area contributed by atoms with E-state index >= 15 is 0 Å². The maximum Gasteiger partial charge on any atom is 0.261 e. The number of furan rings is 1. The fourth-order valence-corrected chi connectivity index (χ4v) is 2.53. The van der Waals surface area contributed by atoms with Crippen molar-refractivity contribution in [2.45, 2.75) is 39.7 Å². The first-order valence-electron chi connectivity index (χ1n) is 7.45. The molecule has 0 radical (unpaired) electrons. The van der Waals surface area contributed by atoms with Crippen LogP contribution in [0, 0.1) is 19.8 Å². The van der Waals surface area contributed by atoms with Crippen molar-refractivity contribution in [3.8, 4) is 0 Å². The quantitative estimate of drug-likeness (QED) is 0.680. The summed E-state index contributed by atoms with van der Waals surface area (Å²) in [7, 11) is 0. The van der Waals surface area contributed by atoms with Crippen LogP contribution in [0.5, 0.6) is 0 Å². The van der Waals surface area contributed by atoms with E-state index in [9.17, 15) is 4.79 Å². The highest BCUT2D eigenvalue weighted by molar-refractivity contribution is 5.80. The molecule has 0 aromatic carbocycles. The van der Waals surface area contributed by atoms with E-state index < -0.39 is 0 Å².